The molecule has 1 unspecified atom stereocenters. The molecule has 0 saturated carbocycles. The minimum Gasteiger partial charge on any atom is -0.394 e. The van der Waals surface area contributed by atoms with Crippen LogP contribution in [0.3, 0.4) is 0 Å². The van der Waals surface area contributed by atoms with Gasteiger partial charge in [-0.2, -0.15) is 0 Å². The summed E-state index contributed by atoms with van der Waals surface area (Å²) in [5.41, 5.74) is 3.75. The van der Waals surface area contributed by atoms with Crippen LogP contribution >= 0.6 is 11.3 Å². The topological polar surface area (TPSA) is 90.2 Å². The predicted octanol–water partition coefficient (Wildman–Crippen LogP) is 2.97. The van der Waals surface area contributed by atoms with Gasteiger partial charge < -0.3 is 25.2 Å². The number of rotatable bonds is 5. The molecule has 0 amide bonds. The molecule has 1 saturated heterocycles. The summed E-state index contributed by atoms with van der Waals surface area (Å²) in [6.45, 7) is 1.54. The van der Waals surface area contributed by atoms with E-state index in [0.717, 1.165) is 26.4 Å². The highest BCUT2D eigenvalue weighted by molar-refractivity contribution is 7.15. The van der Waals surface area contributed by atoms with Crippen LogP contribution in [0.1, 0.15) is 27.7 Å². The SMILES string of the molecule is Cc1ccc(C2O[C@@H](CO)[C@H](O)[C@@H](O)[C@@H]2O)cc1Cc1ccc(-c2ccc(F)cc2)s1. The minimum atomic E-state index is -1.41. The third-order valence-electron chi connectivity index (χ3n) is 5.75. The maximum atomic E-state index is 13.2. The third kappa shape index (κ3) is 4.57. The van der Waals surface area contributed by atoms with Gasteiger partial charge in [0.05, 0.1) is 6.61 Å². The first-order valence-electron chi connectivity index (χ1n) is 10.1. The first-order chi connectivity index (χ1) is 14.9. The lowest BCUT2D eigenvalue weighted by Gasteiger charge is -2.40. The van der Waals surface area contributed by atoms with E-state index in [1.54, 1.807) is 23.5 Å². The van der Waals surface area contributed by atoms with Crippen molar-refractivity contribution in [1.29, 1.82) is 0 Å². The van der Waals surface area contributed by atoms with Crippen LogP contribution in [0.15, 0.2) is 54.6 Å². The molecule has 5 atom stereocenters. The highest BCUT2D eigenvalue weighted by atomic mass is 32.1. The Kier molecular flexibility index (Phi) is 6.52. The Labute approximate surface area is 184 Å². The maximum absolute atomic E-state index is 13.2. The average molecular weight is 445 g/mol. The Bertz CT molecular complexity index is 1030. The molecule has 3 aromatic rings. The second-order valence-corrected chi connectivity index (χ2v) is 9.05. The Morgan fingerprint density at radius 1 is 0.935 bits per heavy atom. The molecule has 164 valence electrons. The molecule has 1 fully saturated rings. The summed E-state index contributed by atoms with van der Waals surface area (Å²) in [6.07, 6.45) is -5.21. The number of halogens is 1. The number of hydrogen-bond donors (Lipinski definition) is 4. The fraction of sp³-hybridized carbons (Fsp3) is 0.333. The van der Waals surface area contributed by atoms with Crippen molar-refractivity contribution in [3.8, 4) is 10.4 Å². The molecule has 0 radical (unpaired) electrons. The minimum absolute atomic E-state index is 0.263. The number of hydrogen-bond acceptors (Lipinski definition) is 6. The molecule has 0 aliphatic carbocycles. The summed E-state index contributed by atoms with van der Waals surface area (Å²) in [6, 6.07) is 16.2. The van der Waals surface area contributed by atoms with Gasteiger partial charge in [-0.3, -0.25) is 0 Å². The smallest absolute Gasteiger partial charge is 0.123 e. The van der Waals surface area contributed by atoms with Gasteiger partial charge in [-0.05, 0) is 53.4 Å². The summed E-state index contributed by atoms with van der Waals surface area (Å²) in [5.74, 6) is -0.263. The van der Waals surface area contributed by atoms with E-state index in [1.807, 2.05) is 37.3 Å². The van der Waals surface area contributed by atoms with Crippen molar-refractivity contribution in [2.75, 3.05) is 6.61 Å². The van der Waals surface area contributed by atoms with E-state index in [4.69, 9.17) is 4.74 Å². The number of aryl methyl sites for hydroxylation is 1. The van der Waals surface area contributed by atoms with Crippen molar-refractivity contribution in [3.05, 3.63) is 82.0 Å². The predicted molar refractivity (Wildman–Crippen MR) is 116 cm³/mol. The van der Waals surface area contributed by atoms with Crippen molar-refractivity contribution < 1.29 is 29.6 Å². The lowest BCUT2D eigenvalue weighted by atomic mass is 9.89. The number of ether oxygens (including phenoxy) is 1. The summed E-state index contributed by atoms with van der Waals surface area (Å²) in [5, 5.41) is 40.0. The largest absolute Gasteiger partial charge is 0.394 e. The fourth-order valence-electron chi connectivity index (χ4n) is 3.87. The monoisotopic (exact) mass is 444 g/mol. The Balaban J connectivity index is 1.57. The van der Waals surface area contributed by atoms with Crippen LogP contribution in [0.4, 0.5) is 4.39 Å². The van der Waals surface area contributed by atoms with E-state index < -0.39 is 37.1 Å². The van der Waals surface area contributed by atoms with Gasteiger partial charge in [0.1, 0.15) is 36.3 Å². The maximum Gasteiger partial charge on any atom is 0.123 e. The molecule has 1 aromatic heterocycles. The van der Waals surface area contributed by atoms with Gasteiger partial charge in [0.25, 0.3) is 0 Å². The van der Waals surface area contributed by atoms with Crippen LogP contribution in [0, 0.1) is 12.7 Å². The van der Waals surface area contributed by atoms with Gasteiger partial charge in [0, 0.05) is 16.2 Å². The lowest BCUT2D eigenvalue weighted by Crippen LogP contribution is -2.55. The molecule has 0 bridgehead atoms. The fourth-order valence-corrected chi connectivity index (χ4v) is 4.90. The van der Waals surface area contributed by atoms with Crippen LogP contribution in [-0.2, 0) is 11.2 Å². The van der Waals surface area contributed by atoms with Gasteiger partial charge in [0.2, 0.25) is 0 Å². The molecule has 31 heavy (non-hydrogen) atoms. The second-order valence-electron chi connectivity index (χ2n) is 7.89. The van der Waals surface area contributed by atoms with Crippen molar-refractivity contribution >= 4 is 11.3 Å². The summed E-state index contributed by atoms with van der Waals surface area (Å²) < 4.78 is 18.9. The number of thiophene rings is 1. The quantitative estimate of drug-likeness (QED) is 0.486. The zero-order valence-electron chi connectivity index (χ0n) is 17.0. The van der Waals surface area contributed by atoms with Crippen LogP contribution in [0.2, 0.25) is 0 Å². The zero-order chi connectivity index (χ0) is 22.1. The molecule has 5 nitrogen and oxygen atoms in total. The lowest BCUT2D eigenvalue weighted by molar-refractivity contribution is -0.231. The van der Waals surface area contributed by atoms with Crippen molar-refractivity contribution in [3.63, 3.8) is 0 Å². The molecular formula is C24H25FO5S. The molecule has 0 spiro atoms. The summed E-state index contributed by atoms with van der Waals surface area (Å²) >= 11 is 1.63. The zero-order valence-corrected chi connectivity index (χ0v) is 17.8. The molecule has 4 rings (SSSR count). The van der Waals surface area contributed by atoms with E-state index in [1.165, 1.54) is 12.1 Å². The summed E-state index contributed by atoms with van der Waals surface area (Å²) in [7, 11) is 0. The second kappa shape index (κ2) is 9.16. The number of benzene rings is 2. The normalized spacial score (nSPS) is 26.2. The molecule has 4 N–H and O–H groups in total. The van der Waals surface area contributed by atoms with Crippen LogP contribution in [0.25, 0.3) is 10.4 Å². The van der Waals surface area contributed by atoms with Gasteiger partial charge in [-0.1, -0.05) is 30.3 Å². The van der Waals surface area contributed by atoms with Crippen molar-refractivity contribution in [2.45, 2.75) is 43.9 Å². The van der Waals surface area contributed by atoms with Crippen molar-refractivity contribution in [2.24, 2.45) is 0 Å². The van der Waals surface area contributed by atoms with Crippen molar-refractivity contribution in [1.82, 2.24) is 0 Å². The van der Waals surface area contributed by atoms with E-state index >= 15 is 0 Å². The Morgan fingerprint density at radius 2 is 1.68 bits per heavy atom. The highest BCUT2D eigenvalue weighted by Gasteiger charge is 2.43. The first-order valence-corrected chi connectivity index (χ1v) is 10.9. The van der Waals surface area contributed by atoms with Gasteiger partial charge in [0.15, 0.2) is 0 Å². The van der Waals surface area contributed by atoms with Crippen LogP contribution in [0.5, 0.6) is 0 Å². The van der Waals surface area contributed by atoms with E-state index in [0.29, 0.717) is 12.0 Å². The highest BCUT2D eigenvalue weighted by Crippen LogP contribution is 2.35. The molecule has 7 heteroatoms. The third-order valence-corrected chi connectivity index (χ3v) is 6.88. The average Bonchev–Trinajstić information content (AvgIpc) is 3.23. The van der Waals surface area contributed by atoms with E-state index in [-0.39, 0.29) is 5.82 Å². The van der Waals surface area contributed by atoms with Gasteiger partial charge in [-0.15, -0.1) is 11.3 Å². The first kappa shape index (κ1) is 22.1. The molecule has 2 heterocycles. The molecular weight excluding hydrogens is 419 g/mol. The standard InChI is InChI=1S/C24H25FO5S/c1-13-2-3-15(24-23(29)22(28)21(27)19(12-26)30-24)10-16(13)11-18-8-9-20(31-18)14-4-6-17(25)7-5-14/h2-10,19,21-24,26-29H,11-12H2,1H3/t19-,21-,22+,23-,24?/m0/s1. The Morgan fingerprint density at radius 3 is 2.39 bits per heavy atom. The number of aliphatic hydroxyl groups excluding tert-OH is 4. The number of aliphatic hydroxyl groups is 4. The Hall–Kier alpha value is -2.13. The van der Waals surface area contributed by atoms with Crippen LogP contribution in [-0.4, -0.2) is 51.4 Å². The molecule has 1 aliphatic heterocycles. The van der Waals surface area contributed by atoms with E-state index in [2.05, 4.69) is 0 Å². The summed E-state index contributed by atoms with van der Waals surface area (Å²) in [4.78, 5) is 2.19. The van der Waals surface area contributed by atoms with Gasteiger partial charge in [-0.25, -0.2) is 4.39 Å². The van der Waals surface area contributed by atoms with Crippen LogP contribution < -0.4 is 0 Å². The van der Waals surface area contributed by atoms with Gasteiger partial charge >= 0.3 is 0 Å². The molecule has 1 aliphatic rings. The van der Waals surface area contributed by atoms with E-state index in [9.17, 15) is 24.8 Å². The molecule has 2 aromatic carbocycles.